The number of benzene rings is 1. The SMILES string of the molecule is O[C@@H](c1cc(F)c(Cl)cc1F)C(F)(F)F. The smallest absolute Gasteiger partial charge is 0.379 e. The van der Waals surface area contributed by atoms with Gasteiger partial charge < -0.3 is 5.11 Å². The largest absolute Gasteiger partial charge is 0.418 e. The van der Waals surface area contributed by atoms with Crippen molar-refractivity contribution in [2.45, 2.75) is 12.3 Å². The number of alkyl halides is 3. The highest BCUT2D eigenvalue weighted by atomic mass is 35.5. The summed E-state index contributed by atoms with van der Waals surface area (Å²) in [5.74, 6) is -2.64. The van der Waals surface area contributed by atoms with Gasteiger partial charge in [-0.2, -0.15) is 13.2 Å². The normalized spacial score (nSPS) is 14.1. The third-order valence-electron chi connectivity index (χ3n) is 1.64. The van der Waals surface area contributed by atoms with Crippen LogP contribution >= 0.6 is 11.6 Å². The lowest BCUT2D eigenvalue weighted by Crippen LogP contribution is -2.21. The van der Waals surface area contributed by atoms with Crippen molar-refractivity contribution in [1.29, 1.82) is 0 Å². The van der Waals surface area contributed by atoms with Crippen LogP contribution in [0.3, 0.4) is 0 Å². The minimum atomic E-state index is -5.05. The fraction of sp³-hybridized carbons (Fsp3) is 0.250. The van der Waals surface area contributed by atoms with E-state index in [0.29, 0.717) is 6.07 Å². The summed E-state index contributed by atoms with van der Waals surface area (Å²) in [7, 11) is 0. The van der Waals surface area contributed by atoms with Crippen molar-refractivity contribution in [1.82, 2.24) is 0 Å². The lowest BCUT2D eigenvalue weighted by atomic mass is 10.1. The van der Waals surface area contributed by atoms with Gasteiger partial charge >= 0.3 is 6.18 Å². The van der Waals surface area contributed by atoms with Gasteiger partial charge in [0, 0.05) is 5.56 Å². The average molecular weight is 247 g/mol. The maximum atomic E-state index is 12.9. The van der Waals surface area contributed by atoms with E-state index < -0.39 is 34.5 Å². The van der Waals surface area contributed by atoms with Crippen LogP contribution in [0.5, 0.6) is 0 Å². The summed E-state index contributed by atoms with van der Waals surface area (Å²) in [4.78, 5) is 0. The molecule has 1 atom stereocenters. The third-order valence-corrected chi connectivity index (χ3v) is 1.93. The monoisotopic (exact) mass is 246 g/mol. The van der Waals surface area contributed by atoms with Crippen LogP contribution in [-0.4, -0.2) is 11.3 Å². The standard InChI is InChI=1S/C8H4ClF5O/c9-4-2-5(10)3(1-6(4)11)7(15)8(12,13)14/h1-2,7,15H/t7-/m0/s1. The van der Waals surface area contributed by atoms with Crippen molar-refractivity contribution in [3.05, 3.63) is 34.4 Å². The highest BCUT2D eigenvalue weighted by Gasteiger charge is 2.41. The van der Waals surface area contributed by atoms with Crippen molar-refractivity contribution in [3.8, 4) is 0 Å². The molecule has 0 saturated carbocycles. The Morgan fingerprint density at radius 1 is 1.13 bits per heavy atom. The van der Waals surface area contributed by atoms with Crippen LogP contribution in [0.25, 0.3) is 0 Å². The van der Waals surface area contributed by atoms with Crippen molar-refractivity contribution in [2.24, 2.45) is 0 Å². The fourth-order valence-electron chi connectivity index (χ4n) is 0.924. The van der Waals surface area contributed by atoms with E-state index in [4.69, 9.17) is 16.7 Å². The number of rotatable bonds is 1. The summed E-state index contributed by atoms with van der Waals surface area (Å²) < 4.78 is 61.6. The van der Waals surface area contributed by atoms with Gasteiger partial charge in [0.2, 0.25) is 0 Å². The zero-order chi connectivity index (χ0) is 11.8. The molecule has 0 amide bonds. The molecular formula is C8H4ClF5O. The average Bonchev–Trinajstić information content (AvgIpc) is 2.08. The Kier molecular flexibility index (Phi) is 3.20. The summed E-state index contributed by atoms with van der Waals surface area (Å²) in [6.07, 6.45) is -8.12. The Balaban J connectivity index is 3.21. The highest BCUT2D eigenvalue weighted by Crippen LogP contribution is 2.35. The van der Waals surface area contributed by atoms with Gasteiger partial charge in [-0.3, -0.25) is 0 Å². The van der Waals surface area contributed by atoms with Crippen LogP contribution in [0, 0.1) is 11.6 Å². The van der Waals surface area contributed by atoms with Gasteiger partial charge in [-0.1, -0.05) is 11.6 Å². The summed E-state index contributed by atoms with van der Waals surface area (Å²) in [6.45, 7) is 0. The molecular weight excluding hydrogens is 243 g/mol. The van der Waals surface area contributed by atoms with Crippen LogP contribution in [0.2, 0.25) is 5.02 Å². The molecule has 0 spiro atoms. The second-order valence-electron chi connectivity index (χ2n) is 2.73. The van der Waals surface area contributed by atoms with E-state index in [1.807, 2.05) is 0 Å². The zero-order valence-electron chi connectivity index (χ0n) is 6.95. The Morgan fingerprint density at radius 2 is 1.67 bits per heavy atom. The van der Waals surface area contributed by atoms with Gasteiger partial charge in [-0.15, -0.1) is 0 Å². The first-order chi connectivity index (χ1) is 6.73. The number of hydrogen-bond acceptors (Lipinski definition) is 1. The molecule has 0 saturated heterocycles. The van der Waals surface area contributed by atoms with Gasteiger partial charge in [0.1, 0.15) is 11.6 Å². The van der Waals surface area contributed by atoms with Crippen LogP contribution in [0.1, 0.15) is 11.7 Å². The van der Waals surface area contributed by atoms with Gasteiger partial charge in [0.05, 0.1) is 5.02 Å². The molecule has 1 N–H and O–H groups in total. The molecule has 1 aromatic carbocycles. The second-order valence-corrected chi connectivity index (χ2v) is 3.14. The molecule has 0 aliphatic heterocycles. The first kappa shape index (κ1) is 12.2. The topological polar surface area (TPSA) is 20.2 Å². The van der Waals surface area contributed by atoms with E-state index in [1.165, 1.54) is 0 Å². The molecule has 0 unspecified atom stereocenters. The fourth-order valence-corrected chi connectivity index (χ4v) is 1.07. The number of hydrogen-bond donors (Lipinski definition) is 1. The van der Waals surface area contributed by atoms with Crippen molar-refractivity contribution < 1.29 is 27.1 Å². The maximum Gasteiger partial charge on any atom is 0.418 e. The van der Waals surface area contributed by atoms with Gasteiger partial charge in [0.15, 0.2) is 6.10 Å². The molecule has 1 aromatic rings. The molecule has 0 bridgehead atoms. The van der Waals surface area contributed by atoms with Crippen LogP contribution in [0.15, 0.2) is 12.1 Å². The minimum Gasteiger partial charge on any atom is -0.379 e. The number of aliphatic hydroxyl groups excluding tert-OH is 1. The van der Waals surface area contributed by atoms with E-state index in [9.17, 15) is 22.0 Å². The first-order valence-electron chi connectivity index (χ1n) is 3.62. The second kappa shape index (κ2) is 3.94. The molecule has 1 nitrogen and oxygen atoms in total. The lowest BCUT2D eigenvalue weighted by Gasteiger charge is -2.15. The van der Waals surface area contributed by atoms with Crippen molar-refractivity contribution in [2.75, 3.05) is 0 Å². The molecule has 0 aromatic heterocycles. The molecule has 0 aliphatic carbocycles. The predicted octanol–water partition coefficient (Wildman–Crippen LogP) is 3.21. The van der Waals surface area contributed by atoms with E-state index in [1.54, 1.807) is 0 Å². The van der Waals surface area contributed by atoms with E-state index in [2.05, 4.69) is 0 Å². The Bertz CT molecular complexity index is 376. The molecule has 15 heavy (non-hydrogen) atoms. The highest BCUT2D eigenvalue weighted by molar-refractivity contribution is 6.30. The molecule has 0 heterocycles. The number of aliphatic hydroxyl groups is 1. The van der Waals surface area contributed by atoms with Gasteiger partial charge in [0.25, 0.3) is 0 Å². The first-order valence-corrected chi connectivity index (χ1v) is 4.00. The zero-order valence-corrected chi connectivity index (χ0v) is 7.70. The molecule has 0 radical (unpaired) electrons. The Labute approximate surface area is 86.1 Å². The lowest BCUT2D eigenvalue weighted by molar-refractivity contribution is -0.207. The van der Waals surface area contributed by atoms with E-state index >= 15 is 0 Å². The molecule has 0 fully saturated rings. The molecule has 0 aliphatic rings. The molecule has 7 heteroatoms. The van der Waals surface area contributed by atoms with E-state index in [0.717, 1.165) is 0 Å². The summed E-state index contributed by atoms with van der Waals surface area (Å²) in [5, 5.41) is 8.03. The quantitative estimate of drug-likeness (QED) is 0.596. The van der Waals surface area contributed by atoms with Crippen LogP contribution < -0.4 is 0 Å². The number of halogens is 6. The Hall–Kier alpha value is -0.880. The van der Waals surface area contributed by atoms with Crippen molar-refractivity contribution in [3.63, 3.8) is 0 Å². The van der Waals surface area contributed by atoms with Gasteiger partial charge in [-0.05, 0) is 12.1 Å². The van der Waals surface area contributed by atoms with Crippen LogP contribution in [0.4, 0.5) is 22.0 Å². The van der Waals surface area contributed by atoms with Crippen molar-refractivity contribution >= 4 is 11.6 Å². The summed E-state index contributed by atoms with van der Waals surface area (Å²) in [6, 6.07) is 0.594. The molecule has 1 rings (SSSR count). The van der Waals surface area contributed by atoms with E-state index in [-0.39, 0.29) is 6.07 Å². The maximum absolute atomic E-state index is 12.9. The third kappa shape index (κ3) is 2.57. The summed E-state index contributed by atoms with van der Waals surface area (Å²) >= 11 is 5.13. The Morgan fingerprint density at radius 3 is 2.13 bits per heavy atom. The van der Waals surface area contributed by atoms with Crippen LogP contribution in [-0.2, 0) is 0 Å². The molecule has 84 valence electrons. The van der Waals surface area contributed by atoms with Gasteiger partial charge in [-0.25, -0.2) is 8.78 Å². The minimum absolute atomic E-state index is 0.218. The predicted molar refractivity (Wildman–Crippen MR) is 42.4 cm³/mol. The summed E-state index contributed by atoms with van der Waals surface area (Å²) in [5.41, 5.74) is -1.19.